The van der Waals surface area contributed by atoms with Gasteiger partial charge >= 0.3 is 5.97 Å². The number of likely N-dealkylation sites (tertiary alicyclic amines) is 1. The fourth-order valence-corrected chi connectivity index (χ4v) is 4.40. The van der Waals surface area contributed by atoms with Gasteiger partial charge in [-0.2, -0.15) is 0 Å². The van der Waals surface area contributed by atoms with Crippen molar-refractivity contribution >= 4 is 11.9 Å². The van der Waals surface area contributed by atoms with Crippen LogP contribution in [0.15, 0.2) is 30.3 Å². The van der Waals surface area contributed by atoms with Gasteiger partial charge in [0.1, 0.15) is 11.5 Å². The largest absolute Gasteiger partial charge is 0.469 e. The van der Waals surface area contributed by atoms with E-state index in [9.17, 15) is 9.59 Å². The lowest BCUT2D eigenvalue weighted by molar-refractivity contribution is -0.150. The summed E-state index contributed by atoms with van der Waals surface area (Å²) in [6, 6.07) is 10.1. The molecule has 1 amide bonds. The van der Waals surface area contributed by atoms with E-state index < -0.39 is 5.41 Å². The predicted molar refractivity (Wildman–Crippen MR) is 106 cm³/mol. The lowest BCUT2D eigenvalue weighted by atomic mass is 9.90. The highest BCUT2D eigenvalue weighted by Gasteiger charge is 2.44. The van der Waals surface area contributed by atoms with Crippen LogP contribution < -0.4 is 0 Å². The number of imidazole rings is 1. The van der Waals surface area contributed by atoms with E-state index in [1.165, 1.54) is 7.11 Å². The molecule has 6 nitrogen and oxygen atoms in total. The first kappa shape index (κ1) is 18.7. The SMILES string of the molecule is COC(=O)C1(C)CCN(C(=O)c2nc(-c3ccccc3)n3c2CCCCC3)C1. The third-order valence-corrected chi connectivity index (χ3v) is 6.04. The predicted octanol–water partition coefficient (Wildman–Crippen LogP) is 3.30. The van der Waals surface area contributed by atoms with Crippen molar-refractivity contribution in [1.29, 1.82) is 0 Å². The first-order valence-electron chi connectivity index (χ1n) is 10.1. The van der Waals surface area contributed by atoms with Crippen LogP contribution in [0.2, 0.25) is 0 Å². The third-order valence-electron chi connectivity index (χ3n) is 6.04. The highest BCUT2D eigenvalue weighted by molar-refractivity contribution is 5.95. The molecule has 3 heterocycles. The smallest absolute Gasteiger partial charge is 0.313 e. The minimum atomic E-state index is -0.636. The fourth-order valence-electron chi connectivity index (χ4n) is 4.40. The Labute approximate surface area is 165 Å². The summed E-state index contributed by atoms with van der Waals surface area (Å²) in [7, 11) is 1.40. The number of hydrogen-bond acceptors (Lipinski definition) is 4. The number of aromatic nitrogens is 2. The van der Waals surface area contributed by atoms with Crippen molar-refractivity contribution in [3.8, 4) is 11.4 Å². The maximum atomic E-state index is 13.4. The molecule has 0 radical (unpaired) electrons. The Balaban J connectivity index is 1.69. The topological polar surface area (TPSA) is 64.4 Å². The Morgan fingerprint density at radius 2 is 1.89 bits per heavy atom. The minimum absolute atomic E-state index is 0.0690. The number of amides is 1. The molecule has 2 aliphatic rings. The van der Waals surface area contributed by atoms with Crippen molar-refractivity contribution < 1.29 is 14.3 Å². The quantitative estimate of drug-likeness (QED) is 0.765. The zero-order chi connectivity index (χ0) is 19.7. The number of ether oxygens (including phenoxy) is 1. The highest BCUT2D eigenvalue weighted by Crippen LogP contribution is 2.34. The van der Waals surface area contributed by atoms with Crippen molar-refractivity contribution in [3.05, 3.63) is 41.7 Å². The molecule has 0 saturated carbocycles. The van der Waals surface area contributed by atoms with Crippen molar-refractivity contribution in [2.75, 3.05) is 20.2 Å². The van der Waals surface area contributed by atoms with Crippen LogP contribution in [-0.4, -0.2) is 46.5 Å². The number of esters is 1. The van der Waals surface area contributed by atoms with Crippen LogP contribution in [0.25, 0.3) is 11.4 Å². The molecule has 1 atom stereocenters. The average Bonchev–Trinajstić information content (AvgIpc) is 3.21. The van der Waals surface area contributed by atoms with Gasteiger partial charge < -0.3 is 14.2 Å². The van der Waals surface area contributed by atoms with Crippen LogP contribution in [0.1, 0.15) is 48.8 Å². The van der Waals surface area contributed by atoms with Crippen LogP contribution in [0, 0.1) is 5.41 Å². The molecular weight excluding hydrogens is 354 g/mol. The van der Waals surface area contributed by atoms with Crippen molar-refractivity contribution in [1.82, 2.24) is 14.5 Å². The molecule has 0 N–H and O–H groups in total. The van der Waals surface area contributed by atoms with E-state index in [0.29, 0.717) is 25.2 Å². The third kappa shape index (κ3) is 3.21. The maximum Gasteiger partial charge on any atom is 0.313 e. The molecule has 2 aliphatic heterocycles. The van der Waals surface area contributed by atoms with E-state index in [2.05, 4.69) is 4.57 Å². The number of hydrogen-bond donors (Lipinski definition) is 0. The average molecular weight is 381 g/mol. The minimum Gasteiger partial charge on any atom is -0.469 e. The van der Waals surface area contributed by atoms with Crippen LogP contribution in [0.4, 0.5) is 0 Å². The van der Waals surface area contributed by atoms with Crippen LogP contribution >= 0.6 is 0 Å². The molecule has 28 heavy (non-hydrogen) atoms. The van der Waals surface area contributed by atoms with Crippen LogP contribution in [0.5, 0.6) is 0 Å². The first-order valence-corrected chi connectivity index (χ1v) is 10.1. The maximum absolute atomic E-state index is 13.4. The first-order chi connectivity index (χ1) is 13.5. The van der Waals surface area contributed by atoms with E-state index in [4.69, 9.17) is 9.72 Å². The van der Waals surface area contributed by atoms with Gasteiger partial charge in [-0.15, -0.1) is 0 Å². The van der Waals surface area contributed by atoms with Crippen LogP contribution in [-0.2, 0) is 22.5 Å². The van der Waals surface area contributed by atoms with Crippen molar-refractivity contribution in [2.24, 2.45) is 5.41 Å². The zero-order valence-corrected chi connectivity index (χ0v) is 16.6. The summed E-state index contributed by atoms with van der Waals surface area (Å²) in [5.74, 6) is 0.549. The molecule has 4 rings (SSSR count). The standard InChI is InChI=1S/C22H27N3O3/c1-22(21(27)28-2)12-14-24(15-22)20(26)18-17-11-7-4-8-13-25(17)19(23-18)16-9-5-3-6-10-16/h3,5-6,9-10H,4,7-8,11-15H2,1-2H3. The summed E-state index contributed by atoms with van der Waals surface area (Å²) in [5.41, 5.74) is 1.98. The summed E-state index contributed by atoms with van der Waals surface area (Å²) in [6.45, 7) is 3.69. The van der Waals surface area contributed by atoms with Gasteiger partial charge in [-0.05, 0) is 32.6 Å². The summed E-state index contributed by atoms with van der Waals surface area (Å²) in [6.07, 6.45) is 4.81. The molecule has 1 fully saturated rings. The Hall–Kier alpha value is -2.63. The van der Waals surface area contributed by atoms with E-state index in [0.717, 1.165) is 49.3 Å². The molecule has 2 aromatic rings. The normalized spacial score (nSPS) is 21.9. The number of benzene rings is 1. The van der Waals surface area contributed by atoms with Crippen LogP contribution in [0.3, 0.4) is 0 Å². The Morgan fingerprint density at radius 3 is 2.64 bits per heavy atom. The number of rotatable bonds is 3. The van der Waals surface area contributed by atoms with Crippen molar-refractivity contribution in [3.63, 3.8) is 0 Å². The summed E-state index contributed by atoms with van der Waals surface area (Å²) >= 11 is 0. The summed E-state index contributed by atoms with van der Waals surface area (Å²) in [4.78, 5) is 32.1. The Morgan fingerprint density at radius 1 is 1.11 bits per heavy atom. The van der Waals surface area contributed by atoms with E-state index in [-0.39, 0.29) is 11.9 Å². The van der Waals surface area contributed by atoms with E-state index >= 15 is 0 Å². The van der Waals surface area contributed by atoms with Gasteiger partial charge in [0.05, 0.1) is 18.2 Å². The molecule has 0 spiro atoms. The number of nitrogens with zero attached hydrogens (tertiary/aromatic N) is 3. The zero-order valence-electron chi connectivity index (χ0n) is 16.6. The molecule has 6 heteroatoms. The Kier molecular flexibility index (Phi) is 4.96. The van der Waals surface area contributed by atoms with Gasteiger partial charge in [-0.25, -0.2) is 4.98 Å². The van der Waals surface area contributed by atoms with Gasteiger partial charge in [-0.3, -0.25) is 9.59 Å². The molecule has 0 bridgehead atoms. The number of carbonyl (C=O) groups excluding carboxylic acids is 2. The van der Waals surface area contributed by atoms with Gasteiger partial charge in [-0.1, -0.05) is 36.8 Å². The second-order valence-electron chi connectivity index (χ2n) is 8.09. The van der Waals surface area contributed by atoms with E-state index in [1.54, 1.807) is 4.90 Å². The van der Waals surface area contributed by atoms with Gasteiger partial charge in [0.25, 0.3) is 5.91 Å². The number of methoxy groups -OCH3 is 1. The fraction of sp³-hybridized carbons (Fsp3) is 0.500. The second-order valence-corrected chi connectivity index (χ2v) is 8.09. The molecule has 1 aromatic heterocycles. The van der Waals surface area contributed by atoms with Gasteiger partial charge in [0, 0.05) is 25.2 Å². The lowest BCUT2D eigenvalue weighted by Gasteiger charge is -2.21. The lowest BCUT2D eigenvalue weighted by Crippen LogP contribution is -2.36. The van der Waals surface area contributed by atoms with Gasteiger partial charge in [0.2, 0.25) is 0 Å². The molecule has 1 unspecified atom stereocenters. The molecular formula is C22H27N3O3. The molecule has 148 valence electrons. The van der Waals surface area contributed by atoms with E-state index in [1.807, 2.05) is 37.3 Å². The molecule has 1 aromatic carbocycles. The monoisotopic (exact) mass is 381 g/mol. The number of fused-ring (bicyclic) bond motifs is 1. The summed E-state index contributed by atoms with van der Waals surface area (Å²) in [5, 5.41) is 0. The summed E-state index contributed by atoms with van der Waals surface area (Å²) < 4.78 is 7.17. The Bertz CT molecular complexity index is 890. The molecule has 0 aliphatic carbocycles. The van der Waals surface area contributed by atoms with Crippen molar-refractivity contribution in [2.45, 2.75) is 45.6 Å². The highest BCUT2D eigenvalue weighted by atomic mass is 16.5. The number of carbonyl (C=O) groups is 2. The molecule has 1 saturated heterocycles. The second kappa shape index (κ2) is 7.41. The van der Waals surface area contributed by atoms with Gasteiger partial charge in [0.15, 0.2) is 0 Å².